The maximum atomic E-state index is 14.7. The van der Waals surface area contributed by atoms with E-state index in [-0.39, 0.29) is 47.6 Å². The molecule has 1 aromatic heterocycles. The first-order valence-electron chi connectivity index (χ1n) is 11.0. The predicted molar refractivity (Wildman–Crippen MR) is 123 cm³/mol. The van der Waals surface area contributed by atoms with Crippen molar-refractivity contribution in [2.75, 3.05) is 18.6 Å². The van der Waals surface area contributed by atoms with Crippen molar-refractivity contribution in [3.05, 3.63) is 58.0 Å². The molecule has 6 rings (SSSR count). The Balaban J connectivity index is 1.50. The second-order valence-corrected chi connectivity index (χ2v) is 10.2. The molecule has 1 saturated heterocycles. The third kappa shape index (κ3) is 3.73. The second-order valence-electron chi connectivity index (χ2n) is 9.28. The van der Waals surface area contributed by atoms with E-state index in [0.29, 0.717) is 24.3 Å². The van der Waals surface area contributed by atoms with Gasteiger partial charge in [0.25, 0.3) is 5.91 Å². The average molecular weight is 506 g/mol. The molecule has 2 heterocycles. The summed E-state index contributed by atoms with van der Waals surface area (Å²) in [5.41, 5.74) is 0.193. The van der Waals surface area contributed by atoms with Crippen LogP contribution in [0.4, 0.5) is 10.2 Å². The van der Waals surface area contributed by atoms with Crippen LogP contribution in [-0.4, -0.2) is 47.4 Å². The maximum absolute atomic E-state index is 14.7. The molecule has 4 fully saturated rings. The van der Waals surface area contributed by atoms with Crippen LogP contribution in [0.1, 0.15) is 24.8 Å². The minimum Gasteiger partial charge on any atom is -0.469 e. The van der Waals surface area contributed by atoms with E-state index >= 15 is 0 Å². The van der Waals surface area contributed by atoms with Gasteiger partial charge in [0.2, 0.25) is 5.91 Å². The van der Waals surface area contributed by atoms with E-state index in [1.807, 2.05) is 0 Å². The molecule has 10 heteroatoms. The van der Waals surface area contributed by atoms with Crippen LogP contribution in [0.5, 0.6) is 0 Å². The molecule has 178 valence electrons. The molecule has 4 aliphatic rings. The summed E-state index contributed by atoms with van der Waals surface area (Å²) < 4.78 is 19.7. The van der Waals surface area contributed by atoms with Gasteiger partial charge in [-0.2, -0.15) is 0 Å². The molecule has 3 saturated carbocycles. The van der Waals surface area contributed by atoms with Crippen LogP contribution >= 0.6 is 23.2 Å². The van der Waals surface area contributed by atoms with E-state index in [1.54, 1.807) is 29.2 Å². The third-order valence-electron chi connectivity index (χ3n) is 7.34. The summed E-state index contributed by atoms with van der Waals surface area (Å²) in [5, 5.41) is 0.656. The summed E-state index contributed by atoms with van der Waals surface area (Å²) in [4.78, 5) is 46.2. The molecule has 0 radical (unpaired) electrons. The number of methoxy groups -OCH3 is 1. The normalized spacial score (nSPS) is 28.2. The molecule has 2 atom stereocenters. The van der Waals surface area contributed by atoms with E-state index in [9.17, 15) is 18.8 Å². The quantitative estimate of drug-likeness (QED) is 0.576. The number of hydrogen-bond donors (Lipinski definition) is 0. The number of aromatic nitrogens is 1. The number of esters is 1. The molecule has 34 heavy (non-hydrogen) atoms. The minimum atomic E-state index is -0.854. The van der Waals surface area contributed by atoms with Crippen LogP contribution in [0.2, 0.25) is 10.0 Å². The van der Waals surface area contributed by atoms with Gasteiger partial charge >= 0.3 is 5.97 Å². The number of halogens is 3. The fourth-order valence-corrected chi connectivity index (χ4v) is 6.06. The standard InChI is InChI=1S/C24H22Cl2FN3O4/c1-34-23(33)24-7-14(8-24)17(9-24)20-22(32)30(21-18(27)6-16(26)10-28-21)12-19(31)29(20)11-13-2-4-15(25)5-3-13/h2-6,10,14,17,20H,7-9,11-12H2,1H3. The highest BCUT2D eigenvalue weighted by molar-refractivity contribution is 6.30. The number of piperazine rings is 1. The van der Waals surface area contributed by atoms with Crippen LogP contribution in [0.3, 0.4) is 0 Å². The van der Waals surface area contributed by atoms with Crippen molar-refractivity contribution in [2.24, 2.45) is 17.3 Å². The van der Waals surface area contributed by atoms with Gasteiger partial charge in [-0.1, -0.05) is 35.3 Å². The van der Waals surface area contributed by atoms with Gasteiger partial charge in [-0.25, -0.2) is 9.37 Å². The monoisotopic (exact) mass is 505 g/mol. The van der Waals surface area contributed by atoms with Crippen LogP contribution < -0.4 is 4.90 Å². The van der Waals surface area contributed by atoms with Gasteiger partial charge in [-0.05, 0) is 54.9 Å². The Morgan fingerprint density at radius 2 is 1.88 bits per heavy atom. The van der Waals surface area contributed by atoms with Gasteiger partial charge in [-0.3, -0.25) is 19.3 Å². The maximum Gasteiger partial charge on any atom is 0.311 e. The SMILES string of the molecule is COC(=O)C12CC(C1)C(C1C(=O)N(c3ncc(Cl)cc3F)CC(=O)N1Cc1ccc(Cl)cc1)C2. The highest BCUT2D eigenvalue weighted by atomic mass is 35.5. The van der Waals surface area contributed by atoms with Crippen molar-refractivity contribution < 1.29 is 23.5 Å². The lowest BCUT2D eigenvalue weighted by molar-refractivity contribution is -0.157. The van der Waals surface area contributed by atoms with Crippen LogP contribution in [-0.2, 0) is 25.7 Å². The molecular formula is C24H22Cl2FN3O4. The van der Waals surface area contributed by atoms with Crippen molar-refractivity contribution in [1.82, 2.24) is 9.88 Å². The third-order valence-corrected chi connectivity index (χ3v) is 7.80. The number of anilines is 1. The van der Waals surface area contributed by atoms with E-state index in [0.717, 1.165) is 16.5 Å². The summed E-state index contributed by atoms with van der Waals surface area (Å²) in [6.45, 7) is -0.140. The number of fused-ring (bicyclic) bond motifs is 1. The average Bonchev–Trinajstić information content (AvgIpc) is 3.34. The van der Waals surface area contributed by atoms with Crippen LogP contribution in [0, 0.1) is 23.1 Å². The number of benzene rings is 1. The van der Waals surface area contributed by atoms with Gasteiger partial charge < -0.3 is 9.64 Å². The second kappa shape index (κ2) is 8.50. The summed E-state index contributed by atoms with van der Waals surface area (Å²) in [6, 6.07) is 7.26. The first-order chi connectivity index (χ1) is 16.2. The topological polar surface area (TPSA) is 79.8 Å². The van der Waals surface area contributed by atoms with E-state index in [4.69, 9.17) is 27.9 Å². The number of carbonyl (C=O) groups is 3. The van der Waals surface area contributed by atoms with Crippen molar-refractivity contribution in [3.8, 4) is 0 Å². The summed E-state index contributed by atoms with van der Waals surface area (Å²) >= 11 is 11.8. The molecule has 1 aromatic carbocycles. The zero-order valence-corrected chi connectivity index (χ0v) is 19.9. The molecule has 2 unspecified atom stereocenters. The first-order valence-corrected chi connectivity index (χ1v) is 11.7. The number of rotatable bonds is 5. The number of hydrogen-bond acceptors (Lipinski definition) is 5. The highest BCUT2D eigenvalue weighted by Gasteiger charge is 2.65. The predicted octanol–water partition coefficient (Wildman–Crippen LogP) is 3.86. The Morgan fingerprint density at radius 1 is 1.18 bits per heavy atom. The number of amides is 2. The van der Waals surface area contributed by atoms with Crippen molar-refractivity contribution in [2.45, 2.75) is 31.8 Å². The Labute approximate surface area is 205 Å². The molecular weight excluding hydrogens is 484 g/mol. The summed E-state index contributed by atoms with van der Waals surface area (Å²) in [6.07, 6.45) is 2.91. The van der Waals surface area contributed by atoms with Crippen molar-refractivity contribution >= 4 is 46.8 Å². The molecule has 0 spiro atoms. The fourth-order valence-electron chi connectivity index (χ4n) is 5.79. The Bertz CT molecular complexity index is 1170. The van der Waals surface area contributed by atoms with Gasteiger partial charge in [0.15, 0.2) is 11.6 Å². The van der Waals surface area contributed by atoms with Crippen molar-refractivity contribution in [3.63, 3.8) is 0 Å². The lowest BCUT2D eigenvalue weighted by atomic mass is 9.69. The Kier molecular flexibility index (Phi) is 5.76. The molecule has 0 N–H and O–H groups in total. The molecule has 3 aliphatic carbocycles. The van der Waals surface area contributed by atoms with Gasteiger partial charge in [0, 0.05) is 17.8 Å². The lowest BCUT2D eigenvalue weighted by Crippen LogP contribution is -2.62. The van der Waals surface area contributed by atoms with E-state index < -0.39 is 23.2 Å². The number of ether oxygens (including phenoxy) is 1. The molecule has 2 aromatic rings. The zero-order chi connectivity index (χ0) is 24.2. The first kappa shape index (κ1) is 23.1. The lowest BCUT2D eigenvalue weighted by Gasteiger charge is -2.43. The Morgan fingerprint density at radius 3 is 2.53 bits per heavy atom. The van der Waals surface area contributed by atoms with Gasteiger partial charge in [0.1, 0.15) is 12.6 Å². The van der Waals surface area contributed by atoms with Gasteiger partial charge in [-0.15, -0.1) is 0 Å². The molecule has 2 amide bonds. The summed E-state index contributed by atoms with van der Waals surface area (Å²) in [7, 11) is 1.36. The summed E-state index contributed by atoms with van der Waals surface area (Å²) in [5.74, 6) is -2.19. The smallest absolute Gasteiger partial charge is 0.311 e. The largest absolute Gasteiger partial charge is 0.469 e. The zero-order valence-electron chi connectivity index (χ0n) is 18.3. The molecule has 7 nitrogen and oxygen atoms in total. The molecule has 1 aliphatic heterocycles. The van der Waals surface area contributed by atoms with Crippen LogP contribution in [0.15, 0.2) is 36.5 Å². The number of carbonyl (C=O) groups excluding carboxylic acids is 3. The van der Waals surface area contributed by atoms with E-state index in [1.165, 1.54) is 13.3 Å². The van der Waals surface area contributed by atoms with Crippen molar-refractivity contribution in [1.29, 1.82) is 0 Å². The highest BCUT2D eigenvalue weighted by Crippen LogP contribution is 2.64. The van der Waals surface area contributed by atoms with Crippen LogP contribution in [0.25, 0.3) is 0 Å². The fraction of sp³-hybridized carbons (Fsp3) is 0.417. The number of pyridine rings is 1. The van der Waals surface area contributed by atoms with E-state index in [2.05, 4.69) is 4.98 Å². The minimum absolute atomic E-state index is 0.0922. The number of nitrogens with zero attached hydrogens (tertiary/aromatic N) is 3. The van der Waals surface area contributed by atoms with Gasteiger partial charge in [0.05, 0.1) is 17.5 Å². The molecule has 2 bridgehead atoms. The Hall–Kier alpha value is -2.71.